The van der Waals surface area contributed by atoms with Gasteiger partial charge in [-0.15, -0.1) is 0 Å². The van der Waals surface area contributed by atoms with Crippen molar-refractivity contribution < 1.29 is 14.3 Å². The van der Waals surface area contributed by atoms with Crippen LogP contribution in [0.3, 0.4) is 0 Å². The molecular formula is C20H12N4O3. The van der Waals surface area contributed by atoms with E-state index >= 15 is 0 Å². The van der Waals surface area contributed by atoms with Crippen LogP contribution in [-0.2, 0) is 4.74 Å². The van der Waals surface area contributed by atoms with Crippen molar-refractivity contribution >= 4 is 17.4 Å². The van der Waals surface area contributed by atoms with Gasteiger partial charge in [-0.2, -0.15) is 15.8 Å². The molecule has 0 aliphatic rings. The van der Waals surface area contributed by atoms with Gasteiger partial charge in [-0.3, -0.25) is 4.79 Å². The van der Waals surface area contributed by atoms with Crippen molar-refractivity contribution in [2.24, 2.45) is 0 Å². The Morgan fingerprint density at radius 2 is 1.48 bits per heavy atom. The van der Waals surface area contributed by atoms with Crippen LogP contribution < -0.4 is 5.32 Å². The number of ether oxygens (including phenoxy) is 1. The fourth-order valence-corrected chi connectivity index (χ4v) is 2.04. The number of nitrogens with zero attached hydrogens (tertiary/aromatic N) is 3. The molecule has 0 aliphatic heterocycles. The van der Waals surface area contributed by atoms with E-state index in [1.54, 1.807) is 48.5 Å². The van der Waals surface area contributed by atoms with Crippen LogP contribution in [0, 0.1) is 34.0 Å². The van der Waals surface area contributed by atoms with Crippen LogP contribution in [0.2, 0.25) is 0 Å². The first kappa shape index (κ1) is 18.9. The predicted octanol–water partition coefficient (Wildman–Crippen LogP) is 2.96. The summed E-state index contributed by atoms with van der Waals surface area (Å²) in [5.41, 5.74) is 0.534. The molecule has 0 amide bonds. The van der Waals surface area contributed by atoms with Gasteiger partial charge in [0.25, 0.3) is 0 Å². The SMILES string of the molecule is N#CC(C#N)=C(C#N)Nc1ccc(C(=O)OCC(=O)c2ccccc2)cc1. The molecule has 0 radical (unpaired) electrons. The van der Waals surface area contributed by atoms with Crippen molar-refractivity contribution in [2.75, 3.05) is 11.9 Å². The van der Waals surface area contributed by atoms with E-state index < -0.39 is 5.97 Å². The largest absolute Gasteiger partial charge is 0.454 e. The molecule has 130 valence electrons. The first-order valence-corrected chi connectivity index (χ1v) is 7.66. The lowest BCUT2D eigenvalue weighted by atomic mass is 10.1. The minimum Gasteiger partial charge on any atom is -0.454 e. The summed E-state index contributed by atoms with van der Waals surface area (Å²) in [6.45, 7) is -0.377. The molecule has 0 bridgehead atoms. The van der Waals surface area contributed by atoms with Crippen LogP contribution in [-0.4, -0.2) is 18.4 Å². The Morgan fingerprint density at radius 1 is 0.852 bits per heavy atom. The number of Topliss-reactive ketones (excluding diaryl/α,β-unsaturated/α-hetero) is 1. The number of rotatable bonds is 6. The number of nitrogens with one attached hydrogen (secondary N) is 1. The zero-order valence-electron chi connectivity index (χ0n) is 14.0. The maximum Gasteiger partial charge on any atom is 0.338 e. The number of ketones is 1. The minimum absolute atomic E-state index is 0.191. The molecule has 0 spiro atoms. The van der Waals surface area contributed by atoms with Gasteiger partial charge in [0.2, 0.25) is 0 Å². The van der Waals surface area contributed by atoms with Crippen LogP contribution in [0.4, 0.5) is 5.69 Å². The molecule has 0 aliphatic carbocycles. The Hall–Kier alpha value is -4.41. The quantitative estimate of drug-likeness (QED) is 0.479. The molecule has 7 heteroatoms. The van der Waals surface area contributed by atoms with Gasteiger partial charge in [0, 0.05) is 11.3 Å². The molecule has 0 unspecified atom stereocenters. The van der Waals surface area contributed by atoms with E-state index in [1.165, 1.54) is 24.3 Å². The van der Waals surface area contributed by atoms with Gasteiger partial charge in [0.15, 0.2) is 18.0 Å². The molecule has 27 heavy (non-hydrogen) atoms. The number of hydrogen-bond donors (Lipinski definition) is 1. The van der Waals surface area contributed by atoms with Crippen molar-refractivity contribution in [3.63, 3.8) is 0 Å². The average molecular weight is 356 g/mol. The molecular weight excluding hydrogens is 344 g/mol. The topological polar surface area (TPSA) is 127 Å². The van der Waals surface area contributed by atoms with Crippen molar-refractivity contribution in [1.82, 2.24) is 0 Å². The Labute approximate surface area is 155 Å². The third-order valence-corrected chi connectivity index (χ3v) is 3.41. The Kier molecular flexibility index (Phi) is 6.43. The molecule has 0 saturated heterocycles. The molecule has 0 atom stereocenters. The second-order valence-electron chi connectivity index (χ2n) is 5.15. The van der Waals surface area contributed by atoms with Gasteiger partial charge in [0.05, 0.1) is 5.56 Å². The smallest absolute Gasteiger partial charge is 0.338 e. The van der Waals surface area contributed by atoms with Crippen LogP contribution in [0.25, 0.3) is 0 Å². The summed E-state index contributed by atoms with van der Waals surface area (Å²) in [6, 6.07) is 19.3. The highest BCUT2D eigenvalue weighted by Gasteiger charge is 2.12. The number of carbonyl (C=O) groups excluding carboxylic acids is 2. The van der Waals surface area contributed by atoms with Crippen LogP contribution in [0.15, 0.2) is 65.9 Å². The Balaban J connectivity index is 2.01. The number of allylic oxidation sites excluding steroid dienone is 2. The van der Waals surface area contributed by atoms with Gasteiger partial charge >= 0.3 is 5.97 Å². The lowest BCUT2D eigenvalue weighted by Crippen LogP contribution is -2.14. The standard InChI is InChI=1S/C20H12N4O3/c21-10-16(11-22)18(12-23)24-17-8-6-15(7-9-17)20(26)27-13-19(25)14-4-2-1-3-5-14/h1-9,24H,13H2. The van der Waals surface area contributed by atoms with Gasteiger partial charge in [-0.25, -0.2) is 4.79 Å². The van der Waals surface area contributed by atoms with Crippen molar-refractivity contribution in [3.05, 3.63) is 77.0 Å². The van der Waals surface area contributed by atoms with E-state index in [0.717, 1.165) is 0 Å². The van der Waals surface area contributed by atoms with Crippen molar-refractivity contribution in [1.29, 1.82) is 15.8 Å². The Morgan fingerprint density at radius 3 is 2.04 bits per heavy atom. The lowest BCUT2D eigenvalue weighted by Gasteiger charge is -2.07. The summed E-state index contributed by atoms with van der Waals surface area (Å²) in [6.07, 6.45) is 0. The first-order valence-electron chi connectivity index (χ1n) is 7.66. The second-order valence-corrected chi connectivity index (χ2v) is 5.15. The summed E-state index contributed by atoms with van der Waals surface area (Å²) >= 11 is 0. The molecule has 0 aromatic heterocycles. The molecule has 0 fully saturated rings. The summed E-state index contributed by atoms with van der Waals surface area (Å²) < 4.78 is 5.00. The molecule has 0 heterocycles. The zero-order valence-corrected chi connectivity index (χ0v) is 14.0. The van der Waals surface area contributed by atoms with E-state index in [0.29, 0.717) is 11.3 Å². The van der Waals surface area contributed by atoms with E-state index in [1.807, 2.05) is 0 Å². The molecule has 7 nitrogen and oxygen atoms in total. The summed E-state index contributed by atoms with van der Waals surface area (Å²) in [7, 11) is 0. The monoisotopic (exact) mass is 356 g/mol. The fraction of sp³-hybridized carbons (Fsp3) is 0.0500. The number of hydrogen-bond acceptors (Lipinski definition) is 7. The van der Waals surface area contributed by atoms with Crippen LogP contribution >= 0.6 is 0 Å². The van der Waals surface area contributed by atoms with E-state index in [2.05, 4.69) is 5.32 Å². The number of anilines is 1. The van der Waals surface area contributed by atoms with E-state index in [-0.39, 0.29) is 29.2 Å². The Bertz CT molecular complexity index is 988. The molecule has 0 saturated carbocycles. The molecule has 1 N–H and O–H groups in total. The molecule has 2 aromatic carbocycles. The maximum atomic E-state index is 12.0. The number of benzene rings is 2. The highest BCUT2D eigenvalue weighted by atomic mass is 16.5. The second kappa shape index (κ2) is 9.17. The predicted molar refractivity (Wildman–Crippen MR) is 95.0 cm³/mol. The highest BCUT2D eigenvalue weighted by molar-refractivity contribution is 5.99. The highest BCUT2D eigenvalue weighted by Crippen LogP contribution is 2.14. The maximum absolute atomic E-state index is 12.0. The van der Waals surface area contributed by atoms with Gasteiger partial charge in [0.1, 0.15) is 23.9 Å². The average Bonchev–Trinajstić information content (AvgIpc) is 2.72. The molecule has 2 aromatic rings. The lowest BCUT2D eigenvalue weighted by molar-refractivity contribution is 0.0475. The van der Waals surface area contributed by atoms with E-state index in [4.69, 9.17) is 20.5 Å². The number of nitriles is 3. The zero-order chi connectivity index (χ0) is 19.6. The van der Waals surface area contributed by atoms with Crippen molar-refractivity contribution in [3.8, 4) is 18.2 Å². The molecule has 2 rings (SSSR count). The third kappa shape index (κ3) is 5.03. The normalized spacial score (nSPS) is 9.07. The van der Waals surface area contributed by atoms with Crippen molar-refractivity contribution in [2.45, 2.75) is 0 Å². The number of esters is 1. The van der Waals surface area contributed by atoms with Gasteiger partial charge in [-0.05, 0) is 24.3 Å². The van der Waals surface area contributed by atoms with Crippen LogP contribution in [0.1, 0.15) is 20.7 Å². The summed E-state index contributed by atoms with van der Waals surface area (Å²) in [4.78, 5) is 24.0. The van der Waals surface area contributed by atoms with Gasteiger partial charge < -0.3 is 10.1 Å². The van der Waals surface area contributed by atoms with Gasteiger partial charge in [-0.1, -0.05) is 30.3 Å². The fourth-order valence-electron chi connectivity index (χ4n) is 2.04. The minimum atomic E-state index is -0.670. The first-order chi connectivity index (χ1) is 13.1. The number of carbonyl (C=O) groups is 2. The summed E-state index contributed by atoms with van der Waals surface area (Å²) in [5, 5.41) is 29.2. The van der Waals surface area contributed by atoms with E-state index in [9.17, 15) is 9.59 Å². The third-order valence-electron chi connectivity index (χ3n) is 3.41. The summed E-state index contributed by atoms with van der Waals surface area (Å²) in [5.74, 6) is -0.983. The van der Waals surface area contributed by atoms with Crippen LogP contribution in [0.5, 0.6) is 0 Å².